The van der Waals surface area contributed by atoms with Crippen molar-refractivity contribution in [2.24, 2.45) is 17.8 Å². The minimum Gasteiger partial charge on any atom is -0.444 e. The van der Waals surface area contributed by atoms with E-state index in [0.717, 1.165) is 12.1 Å². The second-order valence-electron chi connectivity index (χ2n) is 11.5. The smallest absolute Gasteiger partial charge is 0.416 e. The Morgan fingerprint density at radius 1 is 1.13 bits per heavy atom. The summed E-state index contributed by atoms with van der Waals surface area (Å²) in [6, 6.07) is 3.36. The highest BCUT2D eigenvalue weighted by Crippen LogP contribution is 2.44. The zero-order valence-electron chi connectivity index (χ0n) is 22.7. The molecule has 2 fully saturated rings. The lowest BCUT2D eigenvalue weighted by atomic mass is 9.93. The van der Waals surface area contributed by atoms with Gasteiger partial charge in [0.05, 0.1) is 23.1 Å². The van der Waals surface area contributed by atoms with Gasteiger partial charge in [-0.1, -0.05) is 6.07 Å². The zero-order valence-corrected chi connectivity index (χ0v) is 23.5. The number of nitrogens with zero attached hydrogens (tertiary/aromatic N) is 1. The van der Waals surface area contributed by atoms with Crippen LogP contribution < -0.4 is 10.6 Å². The summed E-state index contributed by atoms with van der Waals surface area (Å²) in [5.41, 5.74) is -1.90. The van der Waals surface area contributed by atoms with Gasteiger partial charge in [0.25, 0.3) is 5.91 Å². The summed E-state index contributed by atoms with van der Waals surface area (Å²) in [5, 5.41) is 4.51. The van der Waals surface area contributed by atoms with Crippen LogP contribution in [0, 0.1) is 17.8 Å². The molecule has 9 nitrogen and oxygen atoms in total. The topological polar surface area (TPSA) is 122 Å². The Labute approximate surface area is 226 Å². The van der Waals surface area contributed by atoms with Gasteiger partial charge in [0.15, 0.2) is 9.84 Å². The molecule has 1 aliphatic heterocycles. The zero-order chi connectivity index (χ0) is 29.3. The van der Waals surface area contributed by atoms with Crippen molar-refractivity contribution >= 4 is 27.7 Å². The molecule has 0 aromatic heterocycles. The average Bonchev–Trinajstić information content (AvgIpc) is 3.35. The highest BCUT2D eigenvalue weighted by atomic mass is 32.2. The van der Waals surface area contributed by atoms with Crippen LogP contribution in [0.3, 0.4) is 0 Å². The van der Waals surface area contributed by atoms with Gasteiger partial charge in [-0.25, -0.2) is 13.2 Å². The average molecular weight is 576 g/mol. The van der Waals surface area contributed by atoms with Crippen molar-refractivity contribution in [1.29, 1.82) is 0 Å². The number of hydrogen-bond acceptors (Lipinski definition) is 6. The summed E-state index contributed by atoms with van der Waals surface area (Å²) in [5.74, 6) is -2.28. The van der Waals surface area contributed by atoms with Crippen molar-refractivity contribution in [2.75, 3.05) is 25.4 Å². The summed E-state index contributed by atoms with van der Waals surface area (Å²) in [4.78, 5) is 39.3. The maximum atomic E-state index is 12.9. The number of hydrogen-bond donors (Lipinski definition) is 2. The van der Waals surface area contributed by atoms with Gasteiger partial charge in [-0.3, -0.25) is 9.59 Å². The predicted octanol–water partition coefficient (Wildman–Crippen LogP) is 3.25. The molecule has 0 bridgehead atoms. The fraction of sp³-hybridized carbons (Fsp3) is 0.654. The van der Waals surface area contributed by atoms with E-state index in [9.17, 15) is 36.0 Å². The number of amides is 3. The van der Waals surface area contributed by atoms with E-state index < -0.39 is 68.8 Å². The van der Waals surface area contributed by atoms with Crippen molar-refractivity contribution in [1.82, 2.24) is 15.5 Å². The minimum atomic E-state index is -4.61. The molecule has 1 saturated carbocycles. The molecule has 1 aromatic rings. The molecule has 0 spiro atoms. The number of rotatable bonds is 7. The van der Waals surface area contributed by atoms with Crippen LogP contribution >= 0.6 is 0 Å². The lowest BCUT2D eigenvalue weighted by Crippen LogP contribution is -2.47. The van der Waals surface area contributed by atoms with E-state index in [2.05, 4.69) is 10.6 Å². The first-order valence-electron chi connectivity index (χ1n) is 12.8. The van der Waals surface area contributed by atoms with Crippen LogP contribution in [-0.4, -0.2) is 73.5 Å². The van der Waals surface area contributed by atoms with Gasteiger partial charge in [-0.05, 0) is 77.0 Å². The van der Waals surface area contributed by atoms with Gasteiger partial charge in [0, 0.05) is 24.7 Å². The number of likely N-dealkylation sites (tertiary alicyclic amines) is 1. The third kappa shape index (κ3) is 7.86. The van der Waals surface area contributed by atoms with Crippen LogP contribution in [0.2, 0.25) is 0 Å². The lowest BCUT2D eigenvalue weighted by molar-refractivity contribution is -0.137. The maximum absolute atomic E-state index is 12.9. The summed E-state index contributed by atoms with van der Waals surface area (Å²) < 4.78 is 70.0. The van der Waals surface area contributed by atoms with E-state index in [0.29, 0.717) is 25.6 Å². The quantitative estimate of drug-likeness (QED) is 0.515. The number of benzene rings is 1. The number of nitrogens with one attached hydrogen (secondary N) is 2. The van der Waals surface area contributed by atoms with Crippen LogP contribution in [0.4, 0.5) is 18.0 Å². The third-order valence-corrected chi connectivity index (χ3v) is 9.40. The number of fused-ring (bicyclic) bond motifs is 1. The van der Waals surface area contributed by atoms with Gasteiger partial charge in [-0.15, -0.1) is 0 Å². The molecule has 1 aliphatic carbocycles. The van der Waals surface area contributed by atoms with E-state index in [4.69, 9.17) is 4.74 Å². The Kier molecular flexibility index (Phi) is 8.93. The Hall–Kier alpha value is -2.83. The van der Waals surface area contributed by atoms with E-state index in [1.165, 1.54) is 6.07 Å². The van der Waals surface area contributed by atoms with Crippen molar-refractivity contribution in [2.45, 2.75) is 64.1 Å². The van der Waals surface area contributed by atoms with E-state index >= 15 is 0 Å². The highest BCUT2D eigenvalue weighted by Gasteiger charge is 2.51. The van der Waals surface area contributed by atoms with Crippen molar-refractivity contribution in [3.8, 4) is 0 Å². The number of alkyl halides is 3. The summed E-state index contributed by atoms with van der Waals surface area (Å²) in [7, 11) is -3.48. The molecule has 218 valence electrons. The summed E-state index contributed by atoms with van der Waals surface area (Å²) in [6.07, 6.45) is -4.64. The Morgan fingerprint density at radius 3 is 2.38 bits per heavy atom. The molecule has 39 heavy (non-hydrogen) atoms. The number of carbonyl (C=O) groups is 3. The molecule has 4 unspecified atom stereocenters. The molecule has 1 heterocycles. The fourth-order valence-electron chi connectivity index (χ4n) is 5.13. The monoisotopic (exact) mass is 575 g/mol. The van der Waals surface area contributed by atoms with Gasteiger partial charge < -0.3 is 20.3 Å². The fourth-order valence-corrected chi connectivity index (χ4v) is 6.53. The van der Waals surface area contributed by atoms with Crippen LogP contribution in [0.5, 0.6) is 0 Å². The first-order chi connectivity index (χ1) is 17.9. The molecule has 1 aromatic carbocycles. The van der Waals surface area contributed by atoms with E-state index in [-0.39, 0.29) is 23.2 Å². The Morgan fingerprint density at radius 2 is 1.79 bits per heavy atom. The van der Waals surface area contributed by atoms with Gasteiger partial charge in [0.1, 0.15) is 5.60 Å². The first-order valence-corrected chi connectivity index (χ1v) is 14.5. The molecule has 1 saturated heterocycles. The summed E-state index contributed by atoms with van der Waals surface area (Å²) in [6.45, 7) is 8.63. The van der Waals surface area contributed by atoms with Crippen molar-refractivity contribution in [3.05, 3.63) is 35.4 Å². The SMILES string of the molecule is CC(C)S(=O)(=O)CC1C(NC(=O)CNC(=O)c2cccc(C(F)(F)F)c2)CC2CN(C(=O)OC(C)(C)C)CC21. The molecule has 2 aliphatic rings. The largest absolute Gasteiger partial charge is 0.444 e. The van der Waals surface area contributed by atoms with Gasteiger partial charge >= 0.3 is 12.3 Å². The molecular weight excluding hydrogens is 539 g/mol. The first kappa shape index (κ1) is 30.7. The van der Waals surface area contributed by atoms with Crippen LogP contribution in [0.15, 0.2) is 24.3 Å². The second kappa shape index (κ2) is 11.3. The number of halogens is 3. The van der Waals surface area contributed by atoms with Gasteiger partial charge in [-0.2, -0.15) is 13.2 Å². The number of ether oxygens (including phenoxy) is 1. The summed E-state index contributed by atoms with van der Waals surface area (Å²) >= 11 is 0. The Bertz CT molecular complexity index is 1200. The van der Waals surface area contributed by atoms with Crippen molar-refractivity contribution in [3.63, 3.8) is 0 Å². The van der Waals surface area contributed by atoms with Crippen LogP contribution in [-0.2, 0) is 25.5 Å². The number of sulfone groups is 1. The highest BCUT2D eigenvalue weighted by molar-refractivity contribution is 7.91. The third-order valence-electron chi connectivity index (χ3n) is 7.12. The molecular formula is C26H36F3N3O6S. The number of carbonyl (C=O) groups excluding carboxylic acids is 3. The molecule has 13 heteroatoms. The maximum Gasteiger partial charge on any atom is 0.416 e. The Balaban J connectivity index is 1.66. The standard InChI is InChI=1S/C26H36F3N3O6S/c1-15(2)39(36,37)14-20-19-13-32(24(35)38-25(3,4)5)12-17(19)10-21(20)31-22(33)11-30-23(34)16-7-6-8-18(9-16)26(27,28)29/h6-9,15,17,19-21H,10-14H2,1-5H3,(H,30,34)(H,31,33). The van der Waals surface area contributed by atoms with E-state index in [1.807, 2.05) is 0 Å². The lowest BCUT2D eigenvalue weighted by Gasteiger charge is -2.28. The van der Waals surface area contributed by atoms with E-state index in [1.54, 1.807) is 39.5 Å². The minimum absolute atomic E-state index is 0.0464. The normalized spacial score (nSPS) is 23.5. The molecule has 4 atom stereocenters. The molecule has 3 amide bonds. The predicted molar refractivity (Wildman–Crippen MR) is 138 cm³/mol. The van der Waals surface area contributed by atoms with Crippen LogP contribution in [0.1, 0.15) is 57.0 Å². The second-order valence-corrected chi connectivity index (χ2v) is 14.1. The molecule has 3 rings (SSSR count). The molecule has 2 N–H and O–H groups in total. The van der Waals surface area contributed by atoms with Gasteiger partial charge in [0.2, 0.25) is 5.91 Å². The molecule has 0 radical (unpaired) electrons. The van der Waals surface area contributed by atoms with Crippen molar-refractivity contribution < 1.29 is 40.7 Å². The van der Waals surface area contributed by atoms with Crippen LogP contribution in [0.25, 0.3) is 0 Å².